The lowest BCUT2D eigenvalue weighted by atomic mass is 9.70. The van der Waals surface area contributed by atoms with Crippen molar-refractivity contribution in [2.75, 3.05) is 4.90 Å². The molecule has 0 saturated heterocycles. The van der Waals surface area contributed by atoms with Crippen molar-refractivity contribution in [3.05, 3.63) is 270 Å². The predicted octanol–water partition coefficient (Wildman–Crippen LogP) is 18.8. The Hall–Kier alpha value is -8.98. The minimum atomic E-state index is -0.546. The van der Waals surface area contributed by atoms with Gasteiger partial charge in [-0.15, -0.1) is 0 Å². The van der Waals surface area contributed by atoms with Crippen LogP contribution in [0.15, 0.2) is 241 Å². The summed E-state index contributed by atoms with van der Waals surface area (Å²) in [5.41, 5.74) is 22.3. The number of anilines is 3. The fraction of sp³-hybridized carbons (Fsp3) is 0.0571. The monoisotopic (exact) mass is 915 g/mol. The van der Waals surface area contributed by atoms with Crippen LogP contribution in [0.1, 0.15) is 47.2 Å². The van der Waals surface area contributed by atoms with Gasteiger partial charge in [-0.2, -0.15) is 0 Å². The van der Waals surface area contributed by atoms with Crippen LogP contribution in [0.25, 0.3) is 98.8 Å². The summed E-state index contributed by atoms with van der Waals surface area (Å²) >= 11 is 0. The van der Waals surface area contributed by atoms with Gasteiger partial charge in [0.25, 0.3) is 0 Å². The van der Waals surface area contributed by atoms with E-state index in [1.807, 2.05) is 0 Å². The Morgan fingerprint density at radius 1 is 0.306 bits per heavy atom. The largest absolute Gasteiger partial charge is 0.456 e. The van der Waals surface area contributed by atoms with Crippen molar-refractivity contribution in [1.29, 1.82) is 0 Å². The normalized spacial score (nSPS) is 14.2. The van der Waals surface area contributed by atoms with Crippen LogP contribution in [-0.2, 0) is 10.8 Å². The highest BCUT2D eigenvalue weighted by Gasteiger charge is 2.52. The summed E-state index contributed by atoms with van der Waals surface area (Å²) in [5.74, 6) is 0. The molecule has 0 N–H and O–H groups in total. The third kappa shape index (κ3) is 5.08. The number of benzene rings is 12. The molecule has 0 radical (unpaired) electrons. The lowest BCUT2D eigenvalue weighted by Crippen LogP contribution is -2.26. The molecule has 0 saturated carbocycles. The number of nitrogens with zero attached hydrogens (tertiary/aromatic N) is 1. The molecule has 3 aliphatic carbocycles. The van der Waals surface area contributed by atoms with Crippen LogP contribution in [0.5, 0.6) is 0 Å². The van der Waals surface area contributed by atoms with Gasteiger partial charge in [0.15, 0.2) is 0 Å². The average molecular weight is 916 g/mol. The summed E-state index contributed by atoms with van der Waals surface area (Å²) in [6.45, 7) is 4.83. The molecule has 12 aromatic carbocycles. The van der Waals surface area contributed by atoms with Gasteiger partial charge in [-0.05, 0) is 153 Å². The molecule has 1 heterocycles. The minimum absolute atomic E-state index is 0.299. The summed E-state index contributed by atoms with van der Waals surface area (Å²) < 4.78 is 6.51. The molecule has 13 aromatic rings. The van der Waals surface area contributed by atoms with Crippen LogP contribution in [-0.4, -0.2) is 0 Å². The SMILES string of the molecule is CC1(C)c2ccccc2-c2cccc(N(c3ccc4c5ccccc5c5ccccc5c4c3)c3cc4c(cc3-c3ccc5oc6ccccc6c5c3)-c3ccccc3C43c4ccccc4-c4ccccc43)c21. The summed E-state index contributed by atoms with van der Waals surface area (Å²) in [4.78, 5) is 2.63. The fourth-order valence-corrected chi connectivity index (χ4v) is 13.9. The molecule has 3 aliphatic rings. The van der Waals surface area contributed by atoms with Crippen molar-refractivity contribution >= 4 is 71.3 Å². The summed E-state index contributed by atoms with van der Waals surface area (Å²) in [5, 5.41) is 9.76. The Bertz CT molecular complexity index is 4430. The Morgan fingerprint density at radius 3 is 1.46 bits per heavy atom. The van der Waals surface area contributed by atoms with E-state index >= 15 is 0 Å². The van der Waals surface area contributed by atoms with E-state index in [4.69, 9.17) is 4.42 Å². The summed E-state index contributed by atoms with van der Waals surface area (Å²) in [7, 11) is 0. The zero-order valence-corrected chi connectivity index (χ0v) is 39.9. The zero-order valence-electron chi connectivity index (χ0n) is 39.9. The topological polar surface area (TPSA) is 16.4 Å². The number of rotatable bonds is 4. The Morgan fingerprint density at radius 2 is 0.806 bits per heavy atom. The molecule has 1 aromatic heterocycles. The number of fused-ring (bicyclic) bond motifs is 22. The van der Waals surface area contributed by atoms with E-state index in [2.05, 4.69) is 255 Å². The molecule has 0 atom stereocenters. The average Bonchev–Trinajstić information content (AvgIpc) is 4.12. The quantitative estimate of drug-likeness (QED) is 0.164. The fourth-order valence-electron chi connectivity index (χ4n) is 13.9. The van der Waals surface area contributed by atoms with Crippen molar-refractivity contribution < 1.29 is 4.42 Å². The van der Waals surface area contributed by atoms with E-state index in [1.54, 1.807) is 0 Å². The van der Waals surface area contributed by atoms with Gasteiger partial charge in [0, 0.05) is 27.4 Å². The smallest absolute Gasteiger partial charge is 0.135 e. The third-order valence-electron chi connectivity index (χ3n) is 16.8. The molecule has 2 nitrogen and oxygen atoms in total. The van der Waals surface area contributed by atoms with Crippen LogP contribution < -0.4 is 4.90 Å². The molecule has 0 unspecified atom stereocenters. The maximum absolute atomic E-state index is 6.51. The molecule has 0 amide bonds. The second-order valence-electron chi connectivity index (χ2n) is 20.6. The van der Waals surface area contributed by atoms with Gasteiger partial charge in [-0.1, -0.05) is 202 Å². The molecule has 1 spiro atoms. The van der Waals surface area contributed by atoms with Crippen LogP contribution in [0.2, 0.25) is 0 Å². The molecule has 0 fully saturated rings. The van der Waals surface area contributed by atoms with E-state index in [1.165, 1.54) is 105 Å². The maximum atomic E-state index is 6.51. The van der Waals surface area contributed by atoms with E-state index in [-0.39, 0.29) is 5.41 Å². The van der Waals surface area contributed by atoms with Crippen molar-refractivity contribution in [2.24, 2.45) is 0 Å². The molecular weight excluding hydrogens is 871 g/mol. The van der Waals surface area contributed by atoms with Gasteiger partial charge in [-0.3, -0.25) is 0 Å². The third-order valence-corrected chi connectivity index (χ3v) is 16.8. The van der Waals surface area contributed by atoms with Crippen LogP contribution in [0.3, 0.4) is 0 Å². The predicted molar refractivity (Wildman–Crippen MR) is 300 cm³/mol. The molecule has 336 valence electrons. The molecular formula is C70H45NO. The first-order valence-corrected chi connectivity index (χ1v) is 25.2. The highest BCUT2D eigenvalue weighted by atomic mass is 16.3. The van der Waals surface area contributed by atoms with E-state index in [9.17, 15) is 0 Å². The summed E-state index contributed by atoms with van der Waals surface area (Å²) in [6, 6.07) is 89.0. The van der Waals surface area contributed by atoms with Crippen molar-refractivity contribution in [2.45, 2.75) is 24.7 Å². The number of furan rings is 1. The van der Waals surface area contributed by atoms with Gasteiger partial charge in [-0.25, -0.2) is 0 Å². The first-order valence-electron chi connectivity index (χ1n) is 25.2. The Kier molecular flexibility index (Phi) is 7.92. The molecule has 72 heavy (non-hydrogen) atoms. The van der Waals surface area contributed by atoms with E-state index in [0.717, 1.165) is 44.4 Å². The van der Waals surface area contributed by atoms with Crippen molar-refractivity contribution in [3.63, 3.8) is 0 Å². The van der Waals surface area contributed by atoms with Crippen LogP contribution in [0.4, 0.5) is 17.1 Å². The first kappa shape index (κ1) is 39.8. The standard InChI is InChI=1S/C70H45NO/c1-69(2)59-28-12-7-24-51(59)54-27-17-32-64(68(54)69)71(43-35-36-48-46-20-4-3-18-44(46)45-19-5-6-21-47(45)56(48)39-43)65-41-63-57(40-55(65)42-34-37-67-58(38-42)53-26-11-16-33-66(53)72-67)52-25-10-15-31-62(52)70(63)60-29-13-8-22-49(60)50-23-9-14-30-61(50)70/h3-41H,1-2H3. The van der Waals surface area contributed by atoms with Crippen molar-refractivity contribution in [1.82, 2.24) is 0 Å². The van der Waals surface area contributed by atoms with Gasteiger partial charge in [0.1, 0.15) is 11.2 Å². The molecule has 0 bridgehead atoms. The van der Waals surface area contributed by atoms with Crippen LogP contribution >= 0.6 is 0 Å². The Balaban J connectivity index is 1.08. The lowest BCUT2D eigenvalue weighted by Gasteiger charge is -2.35. The minimum Gasteiger partial charge on any atom is -0.456 e. The van der Waals surface area contributed by atoms with Crippen molar-refractivity contribution in [3.8, 4) is 44.5 Å². The Labute approximate surface area is 417 Å². The maximum Gasteiger partial charge on any atom is 0.135 e. The van der Waals surface area contributed by atoms with Gasteiger partial charge < -0.3 is 9.32 Å². The zero-order chi connectivity index (χ0) is 47.5. The van der Waals surface area contributed by atoms with E-state index in [0.29, 0.717) is 0 Å². The van der Waals surface area contributed by atoms with Crippen LogP contribution in [0, 0.1) is 0 Å². The van der Waals surface area contributed by atoms with Gasteiger partial charge in [0.05, 0.1) is 16.8 Å². The van der Waals surface area contributed by atoms with Gasteiger partial charge in [0.2, 0.25) is 0 Å². The number of hydrogen-bond donors (Lipinski definition) is 0. The molecule has 2 heteroatoms. The summed E-state index contributed by atoms with van der Waals surface area (Å²) in [6.07, 6.45) is 0. The molecule has 0 aliphatic heterocycles. The lowest BCUT2D eigenvalue weighted by molar-refractivity contribution is 0.661. The second kappa shape index (κ2) is 14.3. The van der Waals surface area contributed by atoms with E-state index < -0.39 is 5.41 Å². The molecule has 16 rings (SSSR count). The highest BCUT2D eigenvalue weighted by Crippen LogP contribution is 2.65. The number of hydrogen-bond acceptors (Lipinski definition) is 2. The second-order valence-corrected chi connectivity index (χ2v) is 20.6. The highest BCUT2D eigenvalue weighted by molar-refractivity contribution is 6.26. The van der Waals surface area contributed by atoms with Gasteiger partial charge >= 0.3 is 0 Å². The number of para-hydroxylation sites is 1. The first-order chi connectivity index (χ1) is 35.5.